The number of pyridine rings is 1. The van der Waals surface area contributed by atoms with Gasteiger partial charge in [0.05, 0.1) is 5.52 Å². The molecule has 5 aromatic rings. The molecule has 0 aliphatic carbocycles. The number of halogens is 3. The first-order valence-corrected chi connectivity index (χ1v) is 8.65. The third-order valence-corrected chi connectivity index (χ3v) is 5.37. The van der Waals surface area contributed by atoms with Gasteiger partial charge in [-0.25, -0.2) is 19.5 Å². The van der Waals surface area contributed by atoms with Crippen molar-refractivity contribution in [2.45, 2.75) is 13.1 Å². The second-order valence-electron chi connectivity index (χ2n) is 6.07. The van der Waals surface area contributed by atoms with E-state index >= 15 is 0 Å². The molecular weight excluding hydrogens is 379 g/mol. The quantitative estimate of drug-likeness (QED) is 0.438. The summed E-state index contributed by atoms with van der Waals surface area (Å²) in [7, 11) is 1.78. The van der Waals surface area contributed by atoms with Gasteiger partial charge < -0.3 is 0 Å². The van der Waals surface area contributed by atoms with Crippen LogP contribution in [0.15, 0.2) is 24.7 Å². The summed E-state index contributed by atoms with van der Waals surface area (Å²) in [5.74, 6) is 0.461. The van der Waals surface area contributed by atoms with Gasteiger partial charge in [0, 0.05) is 18.6 Å². The van der Waals surface area contributed by atoms with Gasteiger partial charge in [0.15, 0.2) is 5.65 Å². The van der Waals surface area contributed by atoms with E-state index < -0.39 is 11.9 Å². The number of fused-ring (bicyclic) bond motifs is 5. The fraction of sp³-hybridized carbons (Fsp3) is 0.188. The number of alkyl halides is 3. The van der Waals surface area contributed by atoms with Crippen molar-refractivity contribution in [2.75, 3.05) is 0 Å². The lowest BCUT2D eigenvalue weighted by Gasteiger charge is -2.06. The molecule has 0 amide bonds. The smallest absolute Gasteiger partial charge is 0.265 e. The first kappa shape index (κ1) is 16.1. The number of hydrogen-bond donors (Lipinski definition) is 0. The highest BCUT2D eigenvalue weighted by Crippen LogP contribution is 2.38. The van der Waals surface area contributed by atoms with Crippen LogP contribution in [0.4, 0.5) is 13.2 Å². The molecule has 0 radical (unpaired) electrons. The van der Waals surface area contributed by atoms with Gasteiger partial charge in [0.2, 0.25) is 5.82 Å². The average Bonchev–Trinajstić information content (AvgIpc) is 3.28. The minimum absolute atomic E-state index is 0.281. The molecule has 0 saturated heterocycles. The predicted molar refractivity (Wildman–Crippen MR) is 93.4 cm³/mol. The van der Waals surface area contributed by atoms with Crippen LogP contribution in [0, 0.1) is 6.92 Å². The highest BCUT2D eigenvalue weighted by molar-refractivity contribution is 7.26. The molecule has 0 fully saturated rings. The van der Waals surface area contributed by atoms with Crippen molar-refractivity contribution in [1.82, 2.24) is 34.3 Å². The summed E-state index contributed by atoms with van der Waals surface area (Å²) < 4.78 is 43.1. The molecule has 27 heavy (non-hydrogen) atoms. The van der Waals surface area contributed by atoms with Crippen LogP contribution in [0.5, 0.6) is 0 Å². The van der Waals surface area contributed by atoms with Crippen LogP contribution in [0.1, 0.15) is 11.3 Å². The van der Waals surface area contributed by atoms with Crippen LogP contribution in [0.3, 0.4) is 0 Å². The summed E-state index contributed by atoms with van der Waals surface area (Å²) in [6, 6.07) is 2.83. The maximum Gasteiger partial charge on any atom is 0.433 e. The summed E-state index contributed by atoms with van der Waals surface area (Å²) >= 11 is 1.13. The number of rotatable bonds is 1. The molecule has 5 rings (SSSR count). The van der Waals surface area contributed by atoms with Crippen molar-refractivity contribution in [3.63, 3.8) is 0 Å². The van der Waals surface area contributed by atoms with Gasteiger partial charge >= 0.3 is 6.18 Å². The number of thiophene rings is 1. The van der Waals surface area contributed by atoms with Gasteiger partial charge in [-0.1, -0.05) is 0 Å². The summed E-state index contributed by atoms with van der Waals surface area (Å²) in [4.78, 5) is 13.0. The number of aryl methyl sites for hydroxylation is 2. The summed E-state index contributed by atoms with van der Waals surface area (Å²) in [5.41, 5.74) is 1.38. The predicted octanol–water partition coefficient (Wildman–Crippen LogP) is 3.61. The zero-order chi connectivity index (χ0) is 18.9. The van der Waals surface area contributed by atoms with Crippen molar-refractivity contribution >= 4 is 37.4 Å². The van der Waals surface area contributed by atoms with Gasteiger partial charge in [-0.05, 0) is 24.6 Å². The van der Waals surface area contributed by atoms with Crippen LogP contribution in [-0.2, 0) is 13.2 Å². The van der Waals surface area contributed by atoms with Crippen molar-refractivity contribution < 1.29 is 13.2 Å². The third-order valence-electron chi connectivity index (χ3n) is 4.31. The standard InChI is InChI=1S/C16H10F3N7S/c1-7-5-9(16(17,18)19)22-15-10(7)11-12(27-15)14-23-13(24-26(14)6-20-11)8-3-4-21-25(8)2/h3-6H,1-2H3. The molecule has 5 aromatic heterocycles. The number of aromatic nitrogens is 7. The first-order chi connectivity index (χ1) is 12.8. The first-order valence-electron chi connectivity index (χ1n) is 7.84. The molecular formula is C16H10F3N7S. The van der Waals surface area contributed by atoms with E-state index in [-0.39, 0.29) is 4.83 Å². The lowest BCUT2D eigenvalue weighted by molar-refractivity contribution is -0.141. The van der Waals surface area contributed by atoms with Crippen molar-refractivity contribution in [1.29, 1.82) is 0 Å². The van der Waals surface area contributed by atoms with E-state index in [1.807, 2.05) is 0 Å². The molecule has 7 nitrogen and oxygen atoms in total. The zero-order valence-electron chi connectivity index (χ0n) is 14.0. The topological polar surface area (TPSA) is 73.8 Å². The molecule has 0 atom stereocenters. The molecule has 0 aliphatic rings. The zero-order valence-corrected chi connectivity index (χ0v) is 14.8. The normalized spacial score (nSPS) is 12.6. The Morgan fingerprint density at radius 1 is 1.19 bits per heavy atom. The van der Waals surface area contributed by atoms with E-state index in [4.69, 9.17) is 0 Å². The van der Waals surface area contributed by atoms with Gasteiger partial charge in [-0.2, -0.15) is 18.3 Å². The Hall–Kier alpha value is -3.08. The Kier molecular flexibility index (Phi) is 3.12. The summed E-state index contributed by atoms with van der Waals surface area (Å²) in [6.45, 7) is 1.63. The highest BCUT2D eigenvalue weighted by Gasteiger charge is 2.33. The van der Waals surface area contributed by atoms with E-state index in [9.17, 15) is 13.2 Å². The Morgan fingerprint density at radius 2 is 2.00 bits per heavy atom. The second kappa shape index (κ2) is 5.22. The van der Waals surface area contributed by atoms with Crippen LogP contribution < -0.4 is 0 Å². The van der Waals surface area contributed by atoms with Gasteiger partial charge in [0.25, 0.3) is 0 Å². The molecule has 0 spiro atoms. The maximum absolute atomic E-state index is 13.1. The van der Waals surface area contributed by atoms with E-state index in [1.54, 1.807) is 30.9 Å². The number of hydrogen-bond acceptors (Lipinski definition) is 6. The lowest BCUT2D eigenvalue weighted by atomic mass is 10.1. The molecule has 0 bridgehead atoms. The van der Waals surface area contributed by atoms with Crippen molar-refractivity contribution in [3.05, 3.63) is 35.9 Å². The lowest BCUT2D eigenvalue weighted by Crippen LogP contribution is -2.07. The highest BCUT2D eigenvalue weighted by atomic mass is 32.1. The molecule has 0 N–H and O–H groups in total. The molecule has 136 valence electrons. The SMILES string of the molecule is Cc1cc(C(F)(F)F)nc2sc3c(ncn4nc(-c5ccnn5C)nc34)c12. The van der Waals surface area contributed by atoms with Gasteiger partial charge in [0.1, 0.15) is 27.2 Å². The van der Waals surface area contributed by atoms with E-state index in [2.05, 4.69) is 25.1 Å². The van der Waals surface area contributed by atoms with Crippen molar-refractivity contribution in [3.8, 4) is 11.5 Å². The van der Waals surface area contributed by atoms with Crippen LogP contribution >= 0.6 is 11.3 Å². The van der Waals surface area contributed by atoms with E-state index in [0.29, 0.717) is 32.6 Å². The van der Waals surface area contributed by atoms with Gasteiger partial charge in [-0.15, -0.1) is 16.4 Å². The molecule has 0 saturated carbocycles. The average molecular weight is 389 g/mol. The summed E-state index contributed by atoms with van der Waals surface area (Å²) in [6.07, 6.45) is -1.35. The van der Waals surface area contributed by atoms with Crippen LogP contribution in [0.25, 0.3) is 37.6 Å². The van der Waals surface area contributed by atoms with Crippen LogP contribution in [0.2, 0.25) is 0 Å². The van der Waals surface area contributed by atoms with E-state index in [0.717, 1.165) is 23.1 Å². The molecule has 11 heteroatoms. The van der Waals surface area contributed by atoms with E-state index in [1.165, 1.54) is 10.8 Å². The Balaban J connectivity index is 1.83. The molecule has 5 heterocycles. The molecule has 0 unspecified atom stereocenters. The third kappa shape index (κ3) is 2.31. The minimum Gasteiger partial charge on any atom is -0.265 e. The maximum atomic E-state index is 13.1. The largest absolute Gasteiger partial charge is 0.433 e. The van der Waals surface area contributed by atoms with Crippen molar-refractivity contribution in [2.24, 2.45) is 7.05 Å². The minimum atomic E-state index is -4.50. The number of nitrogens with zero attached hydrogens (tertiary/aromatic N) is 7. The van der Waals surface area contributed by atoms with Crippen LogP contribution in [-0.4, -0.2) is 34.3 Å². The summed E-state index contributed by atoms with van der Waals surface area (Å²) in [5, 5.41) is 9.11. The Labute approximate surface area is 153 Å². The fourth-order valence-corrected chi connectivity index (χ4v) is 4.24. The monoisotopic (exact) mass is 389 g/mol. The Morgan fingerprint density at radius 3 is 2.70 bits per heavy atom. The molecule has 0 aliphatic heterocycles. The molecule has 0 aromatic carbocycles. The van der Waals surface area contributed by atoms with Gasteiger partial charge in [-0.3, -0.25) is 4.68 Å². The fourth-order valence-electron chi connectivity index (χ4n) is 3.06. The second-order valence-corrected chi connectivity index (χ2v) is 7.07. The Bertz CT molecular complexity index is 1350.